The van der Waals surface area contributed by atoms with Crippen molar-refractivity contribution in [3.63, 3.8) is 0 Å². The van der Waals surface area contributed by atoms with Crippen LogP contribution in [-0.2, 0) is 27.6 Å². The molecular formula is C18H22FN3O6S. The molecule has 0 bridgehead atoms. The van der Waals surface area contributed by atoms with E-state index < -0.39 is 38.2 Å². The van der Waals surface area contributed by atoms with Gasteiger partial charge in [0, 0.05) is 24.7 Å². The number of rotatable bonds is 9. The summed E-state index contributed by atoms with van der Waals surface area (Å²) in [5, 5.41) is 2.20. The van der Waals surface area contributed by atoms with Gasteiger partial charge in [-0.2, -0.15) is 5.10 Å². The number of hydrogen-bond donors (Lipinski definition) is 0. The fourth-order valence-corrected chi connectivity index (χ4v) is 4.08. The van der Waals surface area contributed by atoms with Gasteiger partial charge in [-0.1, -0.05) is 13.8 Å². The van der Waals surface area contributed by atoms with Crippen molar-refractivity contribution in [3.05, 3.63) is 51.5 Å². The second kappa shape index (κ2) is 8.68. The highest BCUT2D eigenvalue weighted by Gasteiger charge is 2.35. The third kappa shape index (κ3) is 4.78. The number of nitrogens with zero attached hydrogens (tertiary/aromatic N) is 3. The van der Waals surface area contributed by atoms with Crippen LogP contribution in [0.3, 0.4) is 0 Å². The van der Waals surface area contributed by atoms with Crippen LogP contribution in [0.4, 0.5) is 4.39 Å². The SMILES string of the molecule is CCC(=O)C(C(=O)c1cc(F)cc(Cn2nc(CC)n(OC)c2=O)c1)S(C)(=O)=O. The first-order chi connectivity index (χ1) is 13.5. The van der Waals surface area contributed by atoms with Crippen LogP contribution >= 0.6 is 0 Å². The van der Waals surface area contributed by atoms with Gasteiger partial charge in [-0.25, -0.2) is 22.3 Å². The Balaban J connectivity index is 2.47. The average molecular weight is 427 g/mol. The Morgan fingerprint density at radius 2 is 1.90 bits per heavy atom. The summed E-state index contributed by atoms with van der Waals surface area (Å²) in [5.74, 6) is -2.23. The van der Waals surface area contributed by atoms with Gasteiger partial charge < -0.3 is 4.84 Å². The minimum Gasteiger partial charge on any atom is -0.411 e. The molecule has 0 saturated carbocycles. The highest BCUT2D eigenvalue weighted by Crippen LogP contribution is 2.17. The maximum absolute atomic E-state index is 14.1. The van der Waals surface area contributed by atoms with E-state index in [1.54, 1.807) is 6.92 Å². The van der Waals surface area contributed by atoms with Crippen LogP contribution in [0, 0.1) is 5.82 Å². The number of ketones is 2. The summed E-state index contributed by atoms with van der Waals surface area (Å²) in [6.07, 6.45) is 1.04. The number of aromatic nitrogens is 3. The quantitative estimate of drug-likeness (QED) is 0.421. The van der Waals surface area contributed by atoms with Gasteiger partial charge in [0.1, 0.15) is 12.9 Å². The molecule has 11 heteroatoms. The van der Waals surface area contributed by atoms with Crippen molar-refractivity contribution in [2.45, 2.75) is 38.5 Å². The standard InChI is InChI=1S/C18H22FN3O6S/c1-5-14(23)17(29(4,26)27)16(24)12-7-11(8-13(19)9-12)10-21-18(25)22(28-3)15(6-2)20-21/h7-9,17H,5-6,10H2,1-4H3. The maximum atomic E-state index is 14.1. The van der Waals surface area contributed by atoms with Crippen molar-refractivity contribution < 1.29 is 27.2 Å². The molecule has 0 amide bonds. The van der Waals surface area contributed by atoms with Crippen molar-refractivity contribution >= 4 is 21.4 Å². The molecule has 2 aromatic rings. The molecule has 1 heterocycles. The zero-order valence-electron chi connectivity index (χ0n) is 16.5. The van der Waals surface area contributed by atoms with Crippen molar-refractivity contribution in [1.82, 2.24) is 14.5 Å². The third-order valence-electron chi connectivity index (χ3n) is 4.25. The molecule has 1 atom stereocenters. The number of sulfone groups is 1. The molecule has 2 rings (SSSR count). The summed E-state index contributed by atoms with van der Waals surface area (Å²) < 4.78 is 40.1. The highest BCUT2D eigenvalue weighted by molar-refractivity contribution is 7.92. The first kappa shape index (κ1) is 22.5. The maximum Gasteiger partial charge on any atom is 0.379 e. The van der Waals surface area contributed by atoms with E-state index in [1.807, 2.05) is 0 Å². The van der Waals surface area contributed by atoms with Crippen LogP contribution in [0.1, 0.15) is 42.0 Å². The second-order valence-corrected chi connectivity index (χ2v) is 8.56. The molecule has 0 aliphatic carbocycles. The lowest BCUT2D eigenvalue weighted by Crippen LogP contribution is -2.37. The first-order valence-corrected chi connectivity index (χ1v) is 10.8. The summed E-state index contributed by atoms with van der Waals surface area (Å²) in [6, 6.07) is 3.20. The van der Waals surface area contributed by atoms with Crippen LogP contribution in [0.2, 0.25) is 0 Å². The predicted octanol–water partition coefficient (Wildman–Crippen LogP) is 0.428. The lowest BCUT2D eigenvalue weighted by Gasteiger charge is -2.13. The van der Waals surface area contributed by atoms with Crippen LogP contribution in [0.15, 0.2) is 23.0 Å². The molecule has 0 aliphatic rings. The van der Waals surface area contributed by atoms with Gasteiger partial charge in [0.25, 0.3) is 0 Å². The fraction of sp³-hybridized carbons (Fsp3) is 0.444. The summed E-state index contributed by atoms with van der Waals surface area (Å²) in [7, 11) is -2.73. The molecule has 9 nitrogen and oxygen atoms in total. The molecule has 29 heavy (non-hydrogen) atoms. The molecule has 0 fully saturated rings. The summed E-state index contributed by atoms with van der Waals surface area (Å²) in [5.41, 5.74) is -0.654. The molecule has 0 spiro atoms. The minimum absolute atomic E-state index is 0.157. The Morgan fingerprint density at radius 3 is 2.38 bits per heavy atom. The summed E-state index contributed by atoms with van der Waals surface area (Å²) >= 11 is 0. The number of benzene rings is 1. The smallest absolute Gasteiger partial charge is 0.379 e. The van der Waals surface area contributed by atoms with Crippen LogP contribution in [0.5, 0.6) is 0 Å². The molecular weight excluding hydrogens is 405 g/mol. The van der Waals surface area contributed by atoms with Crippen molar-refractivity contribution in [2.24, 2.45) is 0 Å². The number of carbonyl (C=O) groups is 2. The Hall–Kier alpha value is -2.82. The Kier molecular flexibility index (Phi) is 6.73. The number of hydrogen-bond acceptors (Lipinski definition) is 7. The topological polar surface area (TPSA) is 117 Å². The second-order valence-electron chi connectivity index (χ2n) is 6.43. The minimum atomic E-state index is -4.03. The van der Waals surface area contributed by atoms with Crippen LogP contribution in [0.25, 0.3) is 0 Å². The monoisotopic (exact) mass is 427 g/mol. The zero-order valence-corrected chi connectivity index (χ0v) is 17.3. The first-order valence-electron chi connectivity index (χ1n) is 8.81. The predicted molar refractivity (Wildman–Crippen MR) is 102 cm³/mol. The molecule has 0 N–H and O–H groups in total. The normalized spacial score (nSPS) is 12.6. The molecule has 158 valence electrons. The zero-order chi connectivity index (χ0) is 21.9. The Morgan fingerprint density at radius 1 is 1.24 bits per heavy atom. The molecule has 1 aromatic carbocycles. The van der Waals surface area contributed by atoms with E-state index >= 15 is 0 Å². The van der Waals surface area contributed by atoms with Gasteiger partial charge in [0.05, 0.1) is 6.54 Å². The van der Waals surface area contributed by atoms with Gasteiger partial charge >= 0.3 is 5.69 Å². The summed E-state index contributed by atoms with van der Waals surface area (Å²) in [6.45, 7) is 3.04. The largest absolute Gasteiger partial charge is 0.411 e. The van der Waals surface area contributed by atoms with Gasteiger partial charge in [0.15, 0.2) is 32.5 Å². The molecule has 1 aromatic heterocycles. The van der Waals surface area contributed by atoms with E-state index in [-0.39, 0.29) is 24.1 Å². The third-order valence-corrected chi connectivity index (χ3v) is 5.58. The van der Waals surface area contributed by atoms with E-state index in [1.165, 1.54) is 20.1 Å². The van der Waals surface area contributed by atoms with E-state index in [0.717, 1.165) is 27.8 Å². The average Bonchev–Trinajstić information content (AvgIpc) is 2.94. The number of Topliss-reactive ketones (excluding diaryl/α,β-unsaturated/α-hetero) is 2. The van der Waals surface area contributed by atoms with Crippen molar-refractivity contribution in [2.75, 3.05) is 13.4 Å². The molecule has 0 radical (unpaired) electrons. The van der Waals surface area contributed by atoms with E-state index in [2.05, 4.69) is 5.10 Å². The van der Waals surface area contributed by atoms with Crippen LogP contribution in [-0.4, -0.2) is 53.1 Å². The number of aryl methyl sites for hydroxylation is 1. The number of carbonyl (C=O) groups excluding carboxylic acids is 2. The van der Waals surface area contributed by atoms with Crippen molar-refractivity contribution in [3.8, 4) is 0 Å². The van der Waals surface area contributed by atoms with Gasteiger partial charge in [-0.05, 0) is 23.8 Å². The van der Waals surface area contributed by atoms with Gasteiger partial charge in [0.2, 0.25) is 0 Å². The Labute approximate surface area is 167 Å². The lowest BCUT2D eigenvalue weighted by atomic mass is 10.0. The highest BCUT2D eigenvalue weighted by atomic mass is 32.2. The van der Waals surface area contributed by atoms with E-state index in [9.17, 15) is 27.2 Å². The molecule has 0 saturated heterocycles. The van der Waals surface area contributed by atoms with E-state index in [4.69, 9.17) is 4.84 Å². The fourth-order valence-electron chi connectivity index (χ4n) is 2.91. The van der Waals surface area contributed by atoms with Crippen molar-refractivity contribution in [1.29, 1.82) is 0 Å². The molecule has 1 unspecified atom stereocenters. The Bertz CT molecular complexity index is 1100. The van der Waals surface area contributed by atoms with Gasteiger partial charge in [-0.3, -0.25) is 9.59 Å². The van der Waals surface area contributed by atoms with E-state index in [0.29, 0.717) is 12.2 Å². The summed E-state index contributed by atoms with van der Waals surface area (Å²) in [4.78, 5) is 42.0. The van der Waals surface area contributed by atoms with Crippen LogP contribution < -0.4 is 10.5 Å². The number of halogens is 1. The molecule has 0 aliphatic heterocycles. The lowest BCUT2D eigenvalue weighted by molar-refractivity contribution is -0.117. The van der Waals surface area contributed by atoms with Gasteiger partial charge in [-0.15, -0.1) is 4.73 Å².